The molecular formula is C26H40N4O. The van der Waals surface area contributed by atoms with Gasteiger partial charge in [-0.15, -0.1) is 0 Å². The largest absolute Gasteiger partial charge is 0.383 e. The van der Waals surface area contributed by atoms with Gasteiger partial charge >= 0.3 is 0 Å². The Kier molecular flexibility index (Phi) is 8.17. The van der Waals surface area contributed by atoms with E-state index in [1.165, 1.54) is 57.3 Å². The summed E-state index contributed by atoms with van der Waals surface area (Å²) in [5.74, 6) is 1.87. The zero-order valence-electron chi connectivity index (χ0n) is 19.5. The van der Waals surface area contributed by atoms with Crippen molar-refractivity contribution in [3.63, 3.8) is 0 Å². The Bertz CT molecular complexity index is 779. The van der Waals surface area contributed by atoms with E-state index in [0.29, 0.717) is 6.04 Å². The fourth-order valence-corrected chi connectivity index (χ4v) is 5.39. The second-order valence-electron chi connectivity index (χ2n) is 9.52. The van der Waals surface area contributed by atoms with E-state index < -0.39 is 0 Å². The van der Waals surface area contributed by atoms with Gasteiger partial charge in [-0.05, 0) is 55.7 Å². The standard InChI is InChI=1S/C26H40N4O/c1-3-4-11-26-27-17-24(28-26)20-29(13-14-31-2)18-21-8-7-12-30(19-21)25-15-22-9-5-6-10-23(22)16-25/h5-6,9-10,17,21,25H,3-4,7-8,11-16,18-20H2,1-2H3,(H,27,28)/t21-/m0/s1. The molecule has 5 heteroatoms. The minimum absolute atomic E-state index is 0.696. The van der Waals surface area contributed by atoms with Gasteiger partial charge in [-0.2, -0.15) is 0 Å². The van der Waals surface area contributed by atoms with Crippen molar-refractivity contribution in [3.05, 3.63) is 53.1 Å². The first-order valence-corrected chi connectivity index (χ1v) is 12.3. The van der Waals surface area contributed by atoms with Gasteiger partial charge in [0, 0.05) is 57.6 Å². The smallest absolute Gasteiger partial charge is 0.106 e. The van der Waals surface area contributed by atoms with Crippen LogP contribution in [0.3, 0.4) is 0 Å². The molecule has 0 amide bonds. The molecule has 0 saturated carbocycles. The molecular weight excluding hydrogens is 384 g/mol. The van der Waals surface area contributed by atoms with E-state index in [0.717, 1.165) is 44.4 Å². The molecule has 2 aromatic rings. The number of aromatic amines is 1. The van der Waals surface area contributed by atoms with Crippen molar-refractivity contribution in [2.24, 2.45) is 5.92 Å². The predicted octanol–water partition coefficient (Wildman–Crippen LogP) is 4.08. The van der Waals surface area contributed by atoms with Crippen molar-refractivity contribution >= 4 is 0 Å². The SMILES string of the molecule is CCCCc1ncc(CN(CCOC)C[C@@H]2CCCN(C3Cc4ccccc4C3)C2)[nH]1. The Labute approximate surface area is 188 Å². The quantitative estimate of drug-likeness (QED) is 0.590. The molecule has 0 radical (unpaired) electrons. The lowest BCUT2D eigenvalue weighted by atomic mass is 9.95. The summed E-state index contributed by atoms with van der Waals surface area (Å²) in [6, 6.07) is 9.72. The van der Waals surface area contributed by atoms with E-state index in [2.05, 4.69) is 51.0 Å². The lowest BCUT2D eigenvalue weighted by Gasteiger charge is -2.38. The number of likely N-dealkylation sites (tertiary alicyclic amines) is 1. The fourth-order valence-electron chi connectivity index (χ4n) is 5.39. The summed E-state index contributed by atoms with van der Waals surface area (Å²) in [5, 5.41) is 0. The molecule has 1 aromatic heterocycles. The van der Waals surface area contributed by atoms with Crippen molar-refractivity contribution in [1.82, 2.24) is 19.8 Å². The van der Waals surface area contributed by atoms with E-state index in [4.69, 9.17) is 4.74 Å². The summed E-state index contributed by atoms with van der Waals surface area (Å²) in [6.45, 7) is 8.56. The van der Waals surface area contributed by atoms with Crippen LogP contribution in [0.15, 0.2) is 30.5 Å². The van der Waals surface area contributed by atoms with Crippen molar-refractivity contribution in [1.29, 1.82) is 0 Å². The zero-order valence-corrected chi connectivity index (χ0v) is 19.5. The maximum Gasteiger partial charge on any atom is 0.106 e. The summed E-state index contributed by atoms with van der Waals surface area (Å²) in [7, 11) is 1.80. The number of H-pyrrole nitrogens is 1. The predicted molar refractivity (Wildman–Crippen MR) is 126 cm³/mol. The lowest BCUT2D eigenvalue weighted by molar-refractivity contribution is 0.0839. The maximum atomic E-state index is 5.42. The first-order valence-electron chi connectivity index (χ1n) is 12.3. The van der Waals surface area contributed by atoms with Gasteiger partial charge in [-0.3, -0.25) is 9.80 Å². The molecule has 170 valence electrons. The average molecular weight is 425 g/mol. The maximum absolute atomic E-state index is 5.42. The third kappa shape index (κ3) is 6.18. The average Bonchev–Trinajstić information content (AvgIpc) is 3.43. The Balaban J connectivity index is 1.32. The Hall–Kier alpha value is -1.69. The minimum Gasteiger partial charge on any atom is -0.383 e. The van der Waals surface area contributed by atoms with Gasteiger partial charge in [0.15, 0.2) is 0 Å². The third-order valence-electron chi connectivity index (χ3n) is 7.07. The monoisotopic (exact) mass is 424 g/mol. The Morgan fingerprint density at radius 1 is 1.23 bits per heavy atom. The van der Waals surface area contributed by atoms with Crippen LogP contribution in [0, 0.1) is 5.92 Å². The molecule has 0 bridgehead atoms. The van der Waals surface area contributed by atoms with Gasteiger partial charge in [-0.1, -0.05) is 37.6 Å². The first-order chi connectivity index (χ1) is 15.2. The molecule has 2 heterocycles. The molecule has 4 rings (SSSR count). The van der Waals surface area contributed by atoms with E-state index in [-0.39, 0.29) is 0 Å². The molecule has 1 N–H and O–H groups in total. The van der Waals surface area contributed by atoms with Crippen LogP contribution in [-0.2, 0) is 30.5 Å². The molecule has 0 unspecified atom stereocenters. The molecule has 1 aliphatic heterocycles. The van der Waals surface area contributed by atoms with Gasteiger partial charge in [0.1, 0.15) is 5.82 Å². The number of benzene rings is 1. The second-order valence-corrected chi connectivity index (χ2v) is 9.52. The number of nitrogens with one attached hydrogen (secondary N) is 1. The van der Waals surface area contributed by atoms with Gasteiger partial charge in [0.05, 0.1) is 6.61 Å². The van der Waals surface area contributed by atoms with Crippen molar-refractivity contribution in [2.75, 3.05) is 39.9 Å². The van der Waals surface area contributed by atoms with E-state index in [1.54, 1.807) is 18.2 Å². The zero-order chi connectivity index (χ0) is 21.5. The van der Waals surface area contributed by atoms with Crippen LogP contribution in [0.5, 0.6) is 0 Å². The van der Waals surface area contributed by atoms with Crippen molar-refractivity contribution < 1.29 is 4.74 Å². The summed E-state index contributed by atoms with van der Waals surface area (Å²) in [4.78, 5) is 13.5. The number of imidazole rings is 1. The van der Waals surface area contributed by atoms with Gasteiger partial charge in [0.25, 0.3) is 0 Å². The van der Waals surface area contributed by atoms with E-state index >= 15 is 0 Å². The lowest BCUT2D eigenvalue weighted by Crippen LogP contribution is -2.46. The molecule has 1 aromatic carbocycles. The highest BCUT2D eigenvalue weighted by Gasteiger charge is 2.31. The Morgan fingerprint density at radius 2 is 2.03 bits per heavy atom. The summed E-state index contributed by atoms with van der Waals surface area (Å²) < 4.78 is 5.42. The molecule has 0 spiro atoms. The number of hydrogen-bond acceptors (Lipinski definition) is 4. The number of hydrogen-bond donors (Lipinski definition) is 1. The van der Waals surface area contributed by atoms with Crippen LogP contribution in [0.25, 0.3) is 0 Å². The first kappa shape index (κ1) is 22.5. The minimum atomic E-state index is 0.696. The molecule has 1 aliphatic carbocycles. The number of nitrogens with zero attached hydrogens (tertiary/aromatic N) is 3. The molecule has 1 atom stereocenters. The number of rotatable bonds is 11. The van der Waals surface area contributed by atoms with Crippen LogP contribution in [0.1, 0.15) is 55.3 Å². The molecule has 2 aliphatic rings. The highest BCUT2D eigenvalue weighted by atomic mass is 16.5. The van der Waals surface area contributed by atoms with Crippen LogP contribution in [0.2, 0.25) is 0 Å². The van der Waals surface area contributed by atoms with Crippen molar-refractivity contribution in [2.45, 2.75) is 64.5 Å². The second kappa shape index (κ2) is 11.3. The molecule has 5 nitrogen and oxygen atoms in total. The van der Waals surface area contributed by atoms with Crippen LogP contribution in [0.4, 0.5) is 0 Å². The van der Waals surface area contributed by atoms with Crippen molar-refractivity contribution in [3.8, 4) is 0 Å². The van der Waals surface area contributed by atoms with E-state index in [1.807, 2.05) is 6.20 Å². The highest BCUT2D eigenvalue weighted by molar-refractivity contribution is 5.33. The topological polar surface area (TPSA) is 44.4 Å². The van der Waals surface area contributed by atoms with Gasteiger partial charge in [-0.25, -0.2) is 4.98 Å². The number of aryl methyl sites for hydroxylation is 1. The Morgan fingerprint density at radius 3 is 2.77 bits per heavy atom. The summed E-state index contributed by atoms with van der Waals surface area (Å²) >= 11 is 0. The van der Waals surface area contributed by atoms with Crippen LogP contribution >= 0.6 is 0 Å². The fraction of sp³-hybridized carbons (Fsp3) is 0.654. The number of aromatic nitrogens is 2. The van der Waals surface area contributed by atoms with Crippen LogP contribution < -0.4 is 0 Å². The number of unbranched alkanes of at least 4 members (excludes halogenated alkanes) is 1. The van der Waals surface area contributed by atoms with Gasteiger partial charge in [0.2, 0.25) is 0 Å². The molecule has 1 saturated heterocycles. The van der Waals surface area contributed by atoms with Crippen LogP contribution in [-0.4, -0.2) is 65.7 Å². The van der Waals surface area contributed by atoms with E-state index in [9.17, 15) is 0 Å². The third-order valence-corrected chi connectivity index (χ3v) is 7.07. The number of methoxy groups -OCH3 is 1. The summed E-state index contributed by atoms with van der Waals surface area (Å²) in [5.41, 5.74) is 4.37. The highest BCUT2D eigenvalue weighted by Crippen LogP contribution is 2.29. The number of fused-ring (bicyclic) bond motifs is 1. The number of piperidine rings is 1. The number of ether oxygens (including phenoxy) is 1. The normalized spacial score (nSPS) is 19.9. The molecule has 31 heavy (non-hydrogen) atoms. The summed E-state index contributed by atoms with van der Waals surface area (Å²) in [6.07, 6.45) is 10.6. The van der Waals surface area contributed by atoms with Gasteiger partial charge < -0.3 is 9.72 Å². The molecule has 1 fully saturated rings.